The summed E-state index contributed by atoms with van der Waals surface area (Å²) in [6.07, 6.45) is 2.52. The van der Waals surface area contributed by atoms with Gasteiger partial charge in [0.25, 0.3) is 0 Å². The maximum absolute atomic E-state index is 5.63. The molecule has 0 amide bonds. The Kier molecular flexibility index (Phi) is 2.82. The van der Waals surface area contributed by atoms with Crippen LogP contribution in [0.1, 0.15) is 12.8 Å². The normalized spacial score (nSPS) is 21.7. The monoisotopic (exact) mass is 177 g/mol. The molecule has 0 aliphatic carbocycles. The molecule has 1 aromatic carbocycles. The molecule has 1 saturated heterocycles. The third-order valence-corrected chi connectivity index (χ3v) is 2.36. The molecule has 1 aliphatic heterocycles. The van der Waals surface area contributed by atoms with Crippen LogP contribution in [0, 0.1) is 0 Å². The zero-order valence-corrected chi connectivity index (χ0v) is 7.70. The highest BCUT2D eigenvalue weighted by Crippen LogP contribution is 2.11. The van der Waals surface area contributed by atoms with E-state index in [9.17, 15) is 0 Å². The summed E-state index contributed by atoms with van der Waals surface area (Å²) in [6.45, 7) is 1.94. The molecule has 1 atom stereocenters. The lowest BCUT2D eigenvalue weighted by molar-refractivity contribution is 0.277. The molecule has 70 valence electrons. The first-order chi connectivity index (χ1) is 6.45. The van der Waals surface area contributed by atoms with Crippen molar-refractivity contribution in [2.24, 2.45) is 0 Å². The Morgan fingerprint density at radius 1 is 1.31 bits per heavy atom. The number of benzene rings is 1. The molecule has 1 fully saturated rings. The smallest absolute Gasteiger partial charge is 0.119 e. The van der Waals surface area contributed by atoms with E-state index >= 15 is 0 Å². The molecule has 0 saturated carbocycles. The van der Waals surface area contributed by atoms with Crippen molar-refractivity contribution in [2.75, 3.05) is 13.2 Å². The van der Waals surface area contributed by atoms with Crippen LogP contribution in [0.25, 0.3) is 0 Å². The summed E-state index contributed by atoms with van der Waals surface area (Å²) in [7, 11) is 0. The fourth-order valence-electron chi connectivity index (χ4n) is 1.61. The molecule has 0 bridgehead atoms. The molecule has 2 heteroatoms. The van der Waals surface area contributed by atoms with Crippen LogP contribution >= 0.6 is 0 Å². The van der Waals surface area contributed by atoms with Gasteiger partial charge in [-0.1, -0.05) is 18.2 Å². The first-order valence-electron chi connectivity index (χ1n) is 4.86. The predicted molar refractivity (Wildman–Crippen MR) is 53.0 cm³/mol. The van der Waals surface area contributed by atoms with E-state index in [0.717, 1.165) is 18.9 Å². The Hall–Kier alpha value is -1.02. The van der Waals surface area contributed by atoms with Crippen molar-refractivity contribution in [3.05, 3.63) is 30.3 Å². The van der Waals surface area contributed by atoms with Crippen LogP contribution in [-0.2, 0) is 0 Å². The number of hydrogen-bond acceptors (Lipinski definition) is 2. The fourth-order valence-corrected chi connectivity index (χ4v) is 1.61. The molecule has 1 N–H and O–H groups in total. The van der Waals surface area contributed by atoms with Crippen molar-refractivity contribution in [1.29, 1.82) is 0 Å². The van der Waals surface area contributed by atoms with Gasteiger partial charge < -0.3 is 10.1 Å². The lowest BCUT2D eigenvalue weighted by atomic mass is 10.2. The van der Waals surface area contributed by atoms with Gasteiger partial charge in [0.05, 0.1) is 0 Å². The Labute approximate surface area is 78.9 Å². The lowest BCUT2D eigenvalue weighted by Crippen LogP contribution is -2.28. The van der Waals surface area contributed by atoms with Gasteiger partial charge in [-0.3, -0.25) is 0 Å². The minimum Gasteiger partial charge on any atom is -0.492 e. The third-order valence-electron chi connectivity index (χ3n) is 2.36. The van der Waals surface area contributed by atoms with Crippen LogP contribution in [0.2, 0.25) is 0 Å². The topological polar surface area (TPSA) is 21.3 Å². The Morgan fingerprint density at radius 2 is 2.15 bits per heavy atom. The lowest BCUT2D eigenvalue weighted by Gasteiger charge is -2.11. The standard InChI is InChI=1S/C11H15NO/c1-2-6-11(7-3-1)13-9-10-5-4-8-12-10/h1-3,6-7,10,12H,4-5,8-9H2/t10-/m1/s1. The molecule has 0 spiro atoms. The molecular weight excluding hydrogens is 162 g/mol. The highest BCUT2D eigenvalue weighted by atomic mass is 16.5. The molecule has 1 aliphatic rings. The Balaban J connectivity index is 1.79. The van der Waals surface area contributed by atoms with Crippen molar-refractivity contribution < 1.29 is 4.74 Å². The summed E-state index contributed by atoms with van der Waals surface area (Å²) in [4.78, 5) is 0. The van der Waals surface area contributed by atoms with E-state index in [1.165, 1.54) is 12.8 Å². The summed E-state index contributed by atoms with van der Waals surface area (Å²) in [5.74, 6) is 0.969. The van der Waals surface area contributed by atoms with Crippen molar-refractivity contribution in [2.45, 2.75) is 18.9 Å². The molecule has 0 radical (unpaired) electrons. The van der Waals surface area contributed by atoms with Crippen molar-refractivity contribution in [1.82, 2.24) is 5.32 Å². The third kappa shape index (κ3) is 2.46. The maximum Gasteiger partial charge on any atom is 0.119 e. The Bertz CT molecular complexity index is 242. The number of rotatable bonds is 3. The molecule has 1 heterocycles. The number of para-hydroxylation sites is 1. The van der Waals surface area contributed by atoms with Crippen LogP contribution in [-0.4, -0.2) is 19.2 Å². The summed E-state index contributed by atoms with van der Waals surface area (Å²) in [5, 5.41) is 3.40. The van der Waals surface area contributed by atoms with Gasteiger partial charge in [-0.15, -0.1) is 0 Å². The van der Waals surface area contributed by atoms with E-state index in [4.69, 9.17) is 4.74 Å². The van der Waals surface area contributed by atoms with Crippen molar-refractivity contribution in [3.8, 4) is 5.75 Å². The average Bonchev–Trinajstić information content (AvgIpc) is 2.69. The summed E-state index contributed by atoms with van der Waals surface area (Å²) in [5.41, 5.74) is 0. The largest absolute Gasteiger partial charge is 0.492 e. The predicted octanol–water partition coefficient (Wildman–Crippen LogP) is 1.82. The molecule has 0 unspecified atom stereocenters. The Morgan fingerprint density at radius 3 is 2.85 bits per heavy atom. The van der Waals surface area contributed by atoms with Crippen LogP contribution in [0.4, 0.5) is 0 Å². The minimum absolute atomic E-state index is 0.556. The van der Waals surface area contributed by atoms with Crippen LogP contribution in [0.5, 0.6) is 5.75 Å². The van der Waals surface area contributed by atoms with Crippen LogP contribution < -0.4 is 10.1 Å². The first kappa shape index (κ1) is 8.57. The highest BCUT2D eigenvalue weighted by molar-refractivity contribution is 5.20. The van der Waals surface area contributed by atoms with Crippen LogP contribution in [0.3, 0.4) is 0 Å². The second-order valence-electron chi connectivity index (χ2n) is 3.42. The maximum atomic E-state index is 5.63. The molecule has 2 rings (SSSR count). The molecule has 1 aromatic rings. The molecule has 13 heavy (non-hydrogen) atoms. The molecule has 2 nitrogen and oxygen atoms in total. The van der Waals surface area contributed by atoms with Gasteiger partial charge in [0.1, 0.15) is 12.4 Å². The van der Waals surface area contributed by atoms with Gasteiger partial charge in [0.15, 0.2) is 0 Å². The zero-order chi connectivity index (χ0) is 8.93. The number of ether oxygens (including phenoxy) is 1. The van der Waals surface area contributed by atoms with Crippen molar-refractivity contribution >= 4 is 0 Å². The van der Waals surface area contributed by atoms with E-state index in [1.54, 1.807) is 0 Å². The van der Waals surface area contributed by atoms with Gasteiger partial charge in [-0.05, 0) is 31.5 Å². The molecule has 0 aromatic heterocycles. The van der Waals surface area contributed by atoms with E-state index in [-0.39, 0.29) is 0 Å². The highest BCUT2D eigenvalue weighted by Gasteiger charge is 2.13. The van der Waals surface area contributed by atoms with Gasteiger partial charge >= 0.3 is 0 Å². The van der Waals surface area contributed by atoms with Crippen LogP contribution in [0.15, 0.2) is 30.3 Å². The van der Waals surface area contributed by atoms with Crippen molar-refractivity contribution in [3.63, 3.8) is 0 Å². The molecular formula is C11H15NO. The number of nitrogens with one attached hydrogen (secondary N) is 1. The van der Waals surface area contributed by atoms with E-state index < -0.39 is 0 Å². The van der Waals surface area contributed by atoms with E-state index in [1.807, 2.05) is 30.3 Å². The summed E-state index contributed by atoms with van der Waals surface area (Å²) < 4.78 is 5.63. The second kappa shape index (κ2) is 4.28. The van der Waals surface area contributed by atoms with Gasteiger partial charge in [0, 0.05) is 6.04 Å². The zero-order valence-electron chi connectivity index (χ0n) is 7.70. The summed E-state index contributed by atoms with van der Waals surface area (Å²) >= 11 is 0. The average molecular weight is 177 g/mol. The quantitative estimate of drug-likeness (QED) is 0.760. The number of hydrogen-bond donors (Lipinski definition) is 1. The second-order valence-corrected chi connectivity index (χ2v) is 3.42. The van der Waals surface area contributed by atoms with Gasteiger partial charge in [-0.25, -0.2) is 0 Å². The van der Waals surface area contributed by atoms with Gasteiger partial charge in [0.2, 0.25) is 0 Å². The first-order valence-corrected chi connectivity index (χ1v) is 4.86. The van der Waals surface area contributed by atoms with Gasteiger partial charge in [-0.2, -0.15) is 0 Å². The SMILES string of the molecule is c1ccc(OC[C@H]2CCCN2)cc1. The minimum atomic E-state index is 0.556. The fraction of sp³-hybridized carbons (Fsp3) is 0.455. The van der Waals surface area contributed by atoms with E-state index in [2.05, 4.69) is 5.32 Å². The summed E-state index contributed by atoms with van der Waals surface area (Å²) in [6, 6.07) is 10.5. The van der Waals surface area contributed by atoms with E-state index in [0.29, 0.717) is 6.04 Å².